The normalized spacial score (nSPS) is 12.8. The number of nitrogens with zero attached hydrogens (tertiary/aromatic N) is 2. The highest BCUT2D eigenvalue weighted by Crippen LogP contribution is 2.27. The molecule has 8 heteroatoms. The van der Waals surface area contributed by atoms with Gasteiger partial charge in [0.15, 0.2) is 5.13 Å². The maximum atomic E-state index is 12.5. The number of rotatable bonds is 6. The smallest absolute Gasteiger partial charge is 0.261 e. The molecule has 0 atom stereocenters. The Bertz CT molecular complexity index is 1070. The van der Waals surface area contributed by atoms with E-state index in [9.17, 15) is 14.4 Å². The Labute approximate surface area is 170 Å². The summed E-state index contributed by atoms with van der Waals surface area (Å²) in [6, 6.07) is 13.6. The second-order valence-electron chi connectivity index (χ2n) is 6.29. The highest BCUT2D eigenvalue weighted by atomic mass is 32.1. The summed E-state index contributed by atoms with van der Waals surface area (Å²) in [6.07, 6.45) is 1.56. The maximum absolute atomic E-state index is 12.5. The molecule has 1 N–H and O–H groups in total. The number of hydrogen-bond donors (Lipinski definition) is 1. The van der Waals surface area contributed by atoms with Crippen LogP contribution in [-0.4, -0.2) is 34.2 Å². The molecule has 0 unspecified atom stereocenters. The molecule has 29 heavy (non-hydrogen) atoms. The zero-order valence-corrected chi connectivity index (χ0v) is 16.4. The number of benzene rings is 2. The Morgan fingerprint density at radius 2 is 1.83 bits per heavy atom. The van der Waals surface area contributed by atoms with E-state index in [1.807, 2.05) is 6.92 Å². The van der Waals surface area contributed by atoms with Crippen molar-refractivity contribution in [3.8, 4) is 5.75 Å². The van der Waals surface area contributed by atoms with Crippen molar-refractivity contribution in [3.63, 3.8) is 0 Å². The largest absolute Gasteiger partial charge is 0.494 e. The summed E-state index contributed by atoms with van der Waals surface area (Å²) < 4.78 is 5.41. The van der Waals surface area contributed by atoms with Gasteiger partial charge in [0.1, 0.15) is 5.75 Å². The van der Waals surface area contributed by atoms with Crippen LogP contribution in [-0.2, 0) is 6.54 Å². The number of thiazole rings is 1. The summed E-state index contributed by atoms with van der Waals surface area (Å²) in [4.78, 5) is 43.5. The molecule has 1 aliphatic rings. The van der Waals surface area contributed by atoms with E-state index in [-0.39, 0.29) is 24.3 Å². The average Bonchev–Trinajstić information content (AvgIpc) is 3.27. The van der Waals surface area contributed by atoms with Gasteiger partial charge >= 0.3 is 0 Å². The Hall–Kier alpha value is -3.52. The SMILES string of the molecule is CCOc1cccc(C(=O)Nc2ncc(CN3C(=O)c4ccccc4C3=O)s2)c1. The standard InChI is InChI=1S/C21H17N3O4S/c1-2-28-14-7-5-6-13(10-14)18(25)23-21-22-11-15(29-21)12-24-19(26)16-8-3-4-9-17(16)20(24)27/h3-11H,2,12H2,1H3,(H,22,23,25). The molecule has 0 saturated carbocycles. The number of carbonyl (C=O) groups is 3. The molecule has 2 aromatic carbocycles. The second kappa shape index (κ2) is 7.84. The number of carbonyl (C=O) groups excluding carboxylic acids is 3. The number of aromatic nitrogens is 1. The molecule has 0 aliphatic carbocycles. The van der Waals surface area contributed by atoms with Gasteiger partial charge in [-0.15, -0.1) is 0 Å². The molecule has 1 aliphatic heterocycles. The molecular weight excluding hydrogens is 390 g/mol. The van der Waals surface area contributed by atoms with E-state index in [2.05, 4.69) is 10.3 Å². The van der Waals surface area contributed by atoms with Crippen LogP contribution < -0.4 is 10.1 Å². The third kappa shape index (κ3) is 3.74. The lowest BCUT2D eigenvalue weighted by molar-refractivity contribution is 0.0643. The van der Waals surface area contributed by atoms with Gasteiger partial charge in [-0.3, -0.25) is 24.6 Å². The minimum atomic E-state index is -0.322. The van der Waals surface area contributed by atoms with Crippen LogP contribution in [0, 0.1) is 0 Å². The maximum Gasteiger partial charge on any atom is 0.261 e. The number of ether oxygens (including phenoxy) is 1. The minimum Gasteiger partial charge on any atom is -0.494 e. The predicted molar refractivity (Wildman–Crippen MR) is 108 cm³/mol. The van der Waals surface area contributed by atoms with Crippen LogP contribution in [0.1, 0.15) is 42.9 Å². The van der Waals surface area contributed by atoms with Crippen molar-refractivity contribution >= 4 is 34.2 Å². The second-order valence-corrected chi connectivity index (χ2v) is 7.40. The van der Waals surface area contributed by atoms with Crippen molar-refractivity contribution < 1.29 is 19.1 Å². The first-order valence-corrected chi connectivity index (χ1v) is 9.82. The zero-order valence-electron chi connectivity index (χ0n) is 15.5. The van der Waals surface area contributed by atoms with Crippen LogP contribution in [0.2, 0.25) is 0 Å². The molecule has 0 saturated heterocycles. The highest BCUT2D eigenvalue weighted by molar-refractivity contribution is 7.15. The fourth-order valence-electron chi connectivity index (χ4n) is 3.04. The van der Waals surface area contributed by atoms with Crippen LogP contribution in [0.15, 0.2) is 54.7 Å². The van der Waals surface area contributed by atoms with Crippen LogP contribution in [0.4, 0.5) is 5.13 Å². The summed E-state index contributed by atoms with van der Waals surface area (Å²) in [5, 5.41) is 3.13. The lowest BCUT2D eigenvalue weighted by Gasteiger charge is -2.11. The Morgan fingerprint density at radius 3 is 2.52 bits per heavy atom. The van der Waals surface area contributed by atoms with Crippen molar-refractivity contribution in [1.29, 1.82) is 0 Å². The van der Waals surface area contributed by atoms with Gasteiger partial charge in [0.2, 0.25) is 0 Å². The van der Waals surface area contributed by atoms with Crippen LogP contribution in [0.5, 0.6) is 5.75 Å². The van der Waals surface area contributed by atoms with E-state index in [0.29, 0.717) is 39.1 Å². The fraction of sp³-hybridized carbons (Fsp3) is 0.143. The molecule has 7 nitrogen and oxygen atoms in total. The molecule has 3 amide bonds. The number of fused-ring (bicyclic) bond motifs is 1. The molecular formula is C21H17N3O4S. The summed E-state index contributed by atoms with van der Waals surface area (Å²) in [5.41, 5.74) is 1.27. The molecule has 0 spiro atoms. The first-order chi connectivity index (χ1) is 14.1. The monoisotopic (exact) mass is 407 g/mol. The van der Waals surface area contributed by atoms with E-state index in [4.69, 9.17) is 4.74 Å². The van der Waals surface area contributed by atoms with E-state index in [1.54, 1.807) is 54.7 Å². The number of hydrogen-bond acceptors (Lipinski definition) is 6. The van der Waals surface area contributed by atoms with Crippen molar-refractivity contribution in [3.05, 3.63) is 76.3 Å². The first kappa shape index (κ1) is 18.8. The van der Waals surface area contributed by atoms with Crippen molar-refractivity contribution in [2.45, 2.75) is 13.5 Å². The van der Waals surface area contributed by atoms with Gasteiger partial charge in [0, 0.05) is 16.6 Å². The highest BCUT2D eigenvalue weighted by Gasteiger charge is 2.35. The van der Waals surface area contributed by atoms with Gasteiger partial charge in [-0.2, -0.15) is 0 Å². The minimum absolute atomic E-state index is 0.111. The average molecular weight is 407 g/mol. The Balaban J connectivity index is 1.44. The predicted octanol–water partition coefficient (Wildman–Crippen LogP) is 3.59. The van der Waals surface area contributed by atoms with E-state index < -0.39 is 0 Å². The van der Waals surface area contributed by atoms with Crippen molar-refractivity contribution in [2.75, 3.05) is 11.9 Å². The van der Waals surface area contributed by atoms with Crippen molar-refractivity contribution in [2.24, 2.45) is 0 Å². The lowest BCUT2D eigenvalue weighted by atomic mass is 10.1. The van der Waals surface area contributed by atoms with Crippen molar-refractivity contribution in [1.82, 2.24) is 9.88 Å². The number of anilines is 1. The lowest BCUT2D eigenvalue weighted by Crippen LogP contribution is -2.28. The van der Waals surface area contributed by atoms with Gasteiger partial charge in [-0.25, -0.2) is 4.98 Å². The van der Waals surface area contributed by atoms with Gasteiger partial charge < -0.3 is 4.74 Å². The quantitative estimate of drug-likeness (QED) is 0.631. The topological polar surface area (TPSA) is 88.6 Å². The zero-order chi connectivity index (χ0) is 20.4. The fourth-order valence-corrected chi connectivity index (χ4v) is 3.84. The van der Waals surface area contributed by atoms with Gasteiger partial charge in [0.25, 0.3) is 17.7 Å². The molecule has 4 rings (SSSR count). The van der Waals surface area contributed by atoms with Gasteiger partial charge in [-0.1, -0.05) is 29.5 Å². The number of imide groups is 1. The molecule has 0 bridgehead atoms. The van der Waals surface area contributed by atoms with Crippen LogP contribution in [0.3, 0.4) is 0 Å². The Kier molecular flexibility index (Phi) is 5.09. The molecule has 146 valence electrons. The molecule has 0 fully saturated rings. The third-order valence-electron chi connectivity index (χ3n) is 4.37. The summed E-state index contributed by atoms with van der Waals surface area (Å²) in [7, 11) is 0. The first-order valence-electron chi connectivity index (χ1n) is 9.01. The van der Waals surface area contributed by atoms with Gasteiger partial charge in [-0.05, 0) is 37.3 Å². The summed E-state index contributed by atoms with van der Waals surface area (Å²) in [6.45, 7) is 2.50. The molecule has 3 aromatic rings. The molecule has 0 radical (unpaired) electrons. The van der Waals surface area contributed by atoms with E-state index >= 15 is 0 Å². The Morgan fingerprint density at radius 1 is 1.10 bits per heavy atom. The number of amides is 3. The van der Waals surface area contributed by atoms with Crippen LogP contribution >= 0.6 is 11.3 Å². The summed E-state index contributed by atoms with van der Waals surface area (Å²) >= 11 is 1.22. The third-order valence-corrected chi connectivity index (χ3v) is 5.27. The molecule has 1 aromatic heterocycles. The van der Waals surface area contributed by atoms with E-state index in [1.165, 1.54) is 16.2 Å². The summed E-state index contributed by atoms with van der Waals surface area (Å²) in [5.74, 6) is -0.339. The van der Waals surface area contributed by atoms with E-state index in [0.717, 1.165) is 0 Å². The van der Waals surface area contributed by atoms with Crippen LogP contribution in [0.25, 0.3) is 0 Å². The molecule has 2 heterocycles. The van der Waals surface area contributed by atoms with Gasteiger partial charge in [0.05, 0.1) is 24.3 Å². The number of nitrogens with one attached hydrogen (secondary N) is 1.